The fraction of sp³-hybridized carbons (Fsp3) is 0.333. The maximum absolute atomic E-state index is 11.7. The van der Waals surface area contributed by atoms with E-state index >= 15 is 0 Å². The van der Waals surface area contributed by atoms with Crippen molar-refractivity contribution < 1.29 is 14.6 Å². The van der Waals surface area contributed by atoms with Crippen LogP contribution < -0.4 is 27.1 Å². The number of amides is 1. The molecule has 1 amide bonds. The second-order valence-corrected chi connectivity index (χ2v) is 6.99. The first-order valence-corrected chi connectivity index (χ1v) is 8.90. The summed E-state index contributed by atoms with van der Waals surface area (Å²) in [4.78, 5) is 22.9. The summed E-state index contributed by atoms with van der Waals surface area (Å²) < 4.78 is 1.50. The molecule has 3 unspecified atom stereocenters. The molecule has 0 saturated carbocycles. The minimum absolute atomic E-state index is 0.249. The highest BCUT2D eigenvalue weighted by Crippen LogP contribution is 2.37. The molecule has 2 aliphatic heterocycles. The van der Waals surface area contributed by atoms with Crippen LogP contribution in [0, 0.1) is 0 Å². The van der Waals surface area contributed by atoms with Crippen molar-refractivity contribution in [3.8, 4) is 11.3 Å². The number of hydroxylamine groups is 1. The zero-order valence-electron chi connectivity index (χ0n) is 14.1. The van der Waals surface area contributed by atoms with Crippen LogP contribution in [0.5, 0.6) is 0 Å². The van der Waals surface area contributed by atoms with Gasteiger partial charge in [0.15, 0.2) is 6.23 Å². The molecule has 0 spiro atoms. The summed E-state index contributed by atoms with van der Waals surface area (Å²) in [6.07, 6.45) is 0.780. The Kier molecular flexibility index (Phi) is 4.95. The number of aryl methyl sites for hydroxylation is 1. The molecule has 1 aromatic heterocycles. The van der Waals surface area contributed by atoms with Crippen LogP contribution in [0.2, 0.25) is 5.02 Å². The fourth-order valence-corrected chi connectivity index (χ4v) is 3.43. The second-order valence-electron chi connectivity index (χ2n) is 6.08. The molecule has 3 atom stereocenters. The molecule has 2 aliphatic rings. The molecule has 0 bridgehead atoms. The van der Waals surface area contributed by atoms with Crippen LogP contribution in [0.1, 0.15) is 10.4 Å². The lowest BCUT2D eigenvalue weighted by Crippen LogP contribution is -2.70. The lowest BCUT2D eigenvalue weighted by Gasteiger charge is -2.42. The zero-order valence-corrected chi connectivity index (χ0v) is 15.7. The van der Waals surface area contributed by atoms with Gasteiger partial charge < -0.3 is 5.73 Å². The fourth-order valence-electron chi connectivity index (χ4n) is 2.92. The smallest absolute Gasteiger partial charge is 0.252 e. The van der Waals surface area contributed by atoms with E-state index in [2.05, 4.69) is 21.2 Å². The van der Waals surface area contributed by atoms with Crippen LogP contribution in [0.3, 0.4) is 0 Å². The quantitative estimate of drug-likeness (QED) is 0.422. The summed E-state index contributed by atoms with van der Waals surface area (Å²) >= 11 is 12.6. The molecule has 144 valence electrons. The number of anilines is 1. The van der Waals surface area contributed by atoms with Gasteiger partial charge in [0.25, 0.3) is 5.91 Å². The molecule has 5 N–H and O–H groups in total. The highest BCUT2D eigenvalue weighted by Gasteiger charge is 2.37. The van der Waals surface area contributed by atoms with E-state index in [4.69, 9.17) is 38.7 Å². The summed E-state index contributed by atoms with van der Waals surface area (Å²) in [6, 6.07) is 5.19. The monoisotopic (exact) mass is 413 g/mol. The first-order chi connectivity index (χ1) is 12.9. The normalized spacial score (nSPS) is 25.3. The van der Waals surface area contributed by atoms with Gasteiger partial charge >= 0.3 is 0 Å². The Morgan fingerprint density at radius 3 is 3.04 bits per heavy atom. The van der Waals surface area contributed by atoms with Gasteiger partial charge in [-0.25, -0.2) is 4.84 Å². The van der Waals surface area contributed by atoms with Gasteiger partial charge in [0, 0.05) is 25.4 Å². The standard InChI is InChI=1S/C15H17Cl2N7O3/c1-23-6-8(13(18)25)12(21-23)7-3-2-4-9(11(7)17)24-26-15-14(22-27-24)20-10(16)5-19-15/h2-4,6,10,14-15,19-20,22H,5H2,1H3,(H2,18,25). The summed E-state index contributed by atoms with van der Waals surface area (Å²) in [6.45, 7) is 0.516. The van der Waals surface area contributed by atoms with Crippen LogP contribution in [0.4, 0.5) is 5.69 Å². The molecule has 10 nitrogen and oxygen atoms in total. The highest BCUT2D eigenvalue weighted by molar-refractivity contribution is 6.36. The topological polar surface area (TPSA) is 119 Å². The van der Waals surface area contributed by atoms with E-state index in [-0.39, 0.29) is 22.3 Å². The third-order valence-electron chi connectivity index (χ3n) is 4.16. The molecule has 1 aromatic carbocycles. The van der Waals surface area contributed by atoms with Gasteiger partial charge in [-0.05, 0) is 6.07 Å². The molecule has 4 rings (SSSR count). The molecule has 12 heteroatoms. The van der Waals surface area contributed by atoms with Crippen LogP contribution in [-0.2, 0) is 16.8 Å². The maximum atomic E-state index is 11.7. The maximum Gasteiger partial charge on any atom is 0.252 e. The number of halogens is 2. The van der Waals surface area contributed by atoms with E-state index in [1.165, 1.54) is 4.68 Å². The van der Waals surface area contributed by atoms with Gasteiger partial charge in [-0.2, -0.15) is 15.5 Å². The SMILES string of the molecule is Cn1cc(C(N)=O)c(-c2cccc(N3ONC4NC(Cl)CNC4O3)c2Cl)n1. The van der Waals surface area contributed by atoms with Crippen LogP contribution in [0.15, 0.2) is 24.4 Å². The van der Waals surface area contributed by atoms with E-state index in [1.807, 2.05) is 0 Å². The minimum atomic E-state index is -0.595. The number of carbonyl (C=O) groups is 1. The van der Waals surface area contributed by atoms with Crippen molar-refractivity contribution in [1.82, 2.24) is 25.9 Å². The second kappa shape index (κ2) is 7.24. The van der Waals surface area contributed by atoms with Crippen LogP contribution in [0.25, 0.3) is 11.3 Å². The van der Waals surface area contributed by atoms with Crippen molar-refractivity contribution in [3.63, 3.8) is 0 Å². The first-order valence-electron chi connectivity index (χ1n) is 8.09. The molecule has 0 aliphatic carbocycles. The van der Waals surface area contributed by atoms with Gasteiger partial charge in [-0.1, -0.05) is 23.7 Å². The van der Waals surface area contributed by atoms with Crippen molar-refractivity contribution in [2.75, 3.05) is 11.8 Å². The number of aromatic nitrogens is 2. The summed E-state index contributed by atoms with van der Waals surface area (Å²) in [7, 11) is 1.69. The number of rotatable bonds is 3. The Labute approximate surface area is 164 Å². The Bertz CT molecular complexity index is 877. The van der Waals surface area contributed by atoms with Crippen LogP contribution >= 0.6 is 23.2 Å². The van der Waals surface area contributed by atoms with E-state index in [0.29, 0.717) is 23.5 Å². The minimum Gasteiger partial charge on any atom is -0.365 e. The van der Waals surface area contributed by atoms with E-state index < -0.39 is 12.1 Å². The molecule has 2 saturated heterocycles. The van der Waals surface area contributed by atoms with Crippen LogP contribution in [-0.4, -0.2) is 40.1 Å². The van der Waals surface area contributed by atoms with Crippen molar-refractivity contribution in [2.45, 2.75) is 17.9 Å². The van der Waals surface area contributed by atoms with Crippen molar-refractivity contribution >= 4 is 34.8 Å². The lowest BCUT2D eigenvalue weighted by molar-refractivity contribution is -0.244. The van der Waals surface area contributed by atoms with Crippen molar-refractivity contribution in [3.05, 3.63) is 35.0 Å². The average molecular weight is 414 g/mol. The molecular formula is C15H17Cl2N7O3. The third kappa shape index (κ3) is 3.48. The number of fused-ring (bicyclic) bond motifs is 1. The Balaban J connectivity index is 1.64. The number of piperazine rings is 1. The molecule has 27 heavy (non-hydrogen) atoms. The summed E-state index contributed by atoms with van der Waals surface area (Å²) in [5.41, 5.74) is 9.60. The third-order valence-corrected chi connectivity index (χ3v) is 4.84. The summed E-state index contributed by atoms with van der Waals surface area (Å²) in [5.74, 6) is -0.595. The number of hydrogen-bond acceptors (Lipinski definition) is 8. The van der Waals surface area contributed by atoms with Gasteiger partial charge in [0.2, 0.25) is 0 Å². The highest BCUT2D eigenvalue weighted by atomic mass is 35.5. The molecule has 0 radical (unpaired) electrons. The Hall–Kier alpha value is -1.92. The molecule has 2 fully saturated rings. The Morgan fingerprint density at radius 1 is 1.44 bits per heavy atom. The summed E-state index contributed by atoms with van der Waals surface area (Å²) in [5, 5.41) is 12.0. The van der Waals surface area contributed by atoms with E-state index in [9.17, 15) is 4.79 Å². The van der Waals surface area contributed by atoms with Gasteiger partial charge in [0.1, 0.15) is 17.5 Å². The number of benzene rings is 1. The number of nitrogens with two attached hydrogens (primary N) is 1. The van der Waals surface area contributed by atoms with Crippen molar-refractivity contribution in [2.24, 2.45) is 12.8 Å². The number of alkyl halides is 1. The van der Waals surface area contributed by atoms with Gasteiger partial charge in [-0.3, -0.25) is 20.1 Å². The lowest BCUT2D eigenvalue weighted by atomic mass is 10.1. The van der Waals surface area contributed by atoms with E-state index in [1.54, 1.807) is 31.4 Å². The number of hydrogen-bond donors (Lipinski definition) is 4. The van der Waals surface area contributed by atoms with E-state index in [0.717, 1.165) is 5.23 Å². The molecular weight excluding hydrogens is 397 g/mol. The zero-order chi connectivity index (χ0) is 19.1. The molecule has 3 heterocycles. The average Bonchev–Trinajstić information content (AvgIpc) is 3.03. The largest absolute Gasteiger partial charge is 0.365 e. The number of nitrogens with zero attached hydrogens (tertiary/aromatic N) is 3. The Morgan fingerprint density at radius 2 is 2.26 bits per heavy atom. The first kappa shape index (κ1) is 18.4. The predicted octanol–water partition coefficient (Wildman–Crippen LogP) is 0.437. The number of primary amides is 1. The van der Waals surface area contributed by atoms with Gasteiger partial charge in [0.05, 0.1) is 16.1 Å². The number of carbonyl (C=O) groups excluding carboxylic acids is 1. The molecule has 2 aromatic rings. The predicted molar refractivity (Wildman–Crippen MR) is 98.3 cm³/mol. The van der Waals surface area contributed by atoms with Gasteiger partial charge in [-0.15, -0.1) is 16.8 Å². The number of nitrogens with one attached hydrogen (secondary N) is 3. The van der Waals surface area contributed by atoms with Crippen molar-refractivity contribution in [1.29, 1.82) is 0 Å².